The monoisotopic (exact) mass is 333 g/mol. The molecule has 0 radical (unpaired) electrons. The molecule has 23 heavy (non-hydrogen) atoms. The molecule has 0 heterocycles. The highest BCUT2D eigenvalue weighted by molar-refractivity contribution is 7.89. The van der Waals surface area contributed by atoms with Crippen LogP contribution in [-0.4, -0.2) is 20.9 Å². The van der Waals surface area contributed by atoms with Crippen molar-refractivity contribution in [1.29, 1.82) is 0 Å². The topological polar surface area (TPSA) is 72.5 Å². The Kier molecular flexibility index (Phi) is 5.52. The van der Waals surface area contributed by atoms with Gasteiger partial charge in [0, 0.05) is 6.54 Å². The lowest BCUT2D eigenvalue weighted by atomic mass is 10.2. The molecular weight excluding hydrogens is 314 g/mol. The largest absolute Gasteiger partial charge is 0.457 e. The number of sulfonamides is 1. The fourth-order valence-electron chi connectivity index (χ4n) is 1.98. The molecule has 0 aromatic heterocycles. The van der Waals surface area contributed by atoms with Crippen LogP contribution in [0.2, 0.25) is 0 Å². The van der Waals surface area contributed by atoms with Gasteiger partial charge < -0.3 is 4.74 Å². The number of aryl methyl sites for hydroxylation is 1. The molecule has 0 fully saturated rings. The summed E-state index contributed by atoms with van der Waals surface area (Å²) < 4.78 is 31.5. The normalized spacial score (nSPS) is 11.2. The molecule has 0 unspecified atom stereocenters. The zero-order chi connectivity index (χ0) is 16.9. The van der Waals surface area contributed by atoms with Crippen molar-refractivity contribution in [2.75, 3.05) is 6.54 Å². The molecule has 0 aliphatic carbocycles. The van der Waals surface area contributed by atoms with E-state index in [1.54, 1.807) is 6.92 Å². The van der Waals surface area contributed by atoms with Gasteiger partial charge in [-0.1, -0.05) is 42.8 Å². The minimum Gasteiger partial charge on any atom is -0.457 e. The van der Waals surface area contributed by atoms with Crippen LogP contribution in [0.1, 0.15) is 28.4 Å². The average molecular weight is 333 g/mol. The predicted molar refractivity (Wildman–Crippen MR) is 87.6 cm³/mol. The minimum atomic E-state index is -3.60. The number of rotatable bonds is 6. The van der Waals surface area contributed by atoms with Crippen LogP contribution in [0.4, 0.5) is 0 Å². The van der Waals surface area contributed by atoms with Crippen LogP contribution < -0.4 is 4.72 Å². The molecule has 0 spiro atoms. The lowest BCUT2D eigenvalue weighted by molar-refractivity contribution is 0.0472. The molecule has 122 valence electrons. The summed E-state index contributed by atoms with van der Waals surface area (Å²) in [5.41, 5.74) is 2.21. The van der Waals surface area contributed by atoms with E-state index in [1.165, 1.54) is 24.3 Å². The molecule has 0 saturated heterocycles. The van der Waals surface area contributed by atoms with Crippen molar-refractivity contribution in [3.8, 4) is 0 Å². The van der Waals surface area contributed by atoms with E-state index < -0.39 is 16.0 Å². The standard InChI is InChI=1S/C17H19NO4S/c1-3-18-23(20,21)16-6-4-5-15(11-16)17(19)22-12-14-9-7-13(2)8-10-14/h4-11,18H,3,12H2,1-2H3. The maximum Gasteiger partial charge on any atom is 0.338 e. The number of carbonyl (C=O) groups is 1. The van der Waals surface area contributed by atoms with Crippen molar-refractivity contribution in [2.24, 2.45) is 0 Å². The van der Waals surface area contributed by atoms with Gasteiger partial charge in [0.25, 0.3) is 0 Å². The van der Waals surface area contributed by atoms with Gasteiger partial charge in [0.05, 0.1) is 10.5 Å². The summed E-state index contributed by atoms with van der Waals surface area (Å²) in [5.74, 6) is -0.556. The summed E-state index contributed by atoms with van der Waals surface area (Å²) in [6, 6.07) is 13.4. The number of nitrogens with one attached hydrogen (secondary N) is 1. The first-order valence-corrected chi connectivity index (χ1v) is 8.73. The van der Waals surface area contributed by atoms with Gasteiger partial charge in [0.2, 0.25) is 10.0 Å². The van der Waals surface area contributed by atoms with Gasteiger partial charge in [-0.2, -0.15) is 0 Å². The molecular formula is C17H19NO4S. The van der Waals surface area contributed by atoms with Gasteiger partial charge in [-0.05, 0) is 30.7 Å². The van der Waals surface area contributed by atoms with E-state index in [0.717, 1.165) is 11.1 Å². The fraction of sp³-hybridized carbons (Fsp3) is 0.235. The highest BCUT2D eigenvalue weighted by atomic mass is 32.2. The van der Waals surface area contributed by atoms with E-state index in [9.17, 15) is 13.2 Å². The molecule has 0 aliphatic rings. The number of ether oxygens (including phenoxy) is 1. The van der Waals surface area contributed by atoms with Gasteiger partial charge >= 0.3 is 5.97 Å². The Hall–Kier alpha value is -2.18. The van der Waals surface area contributed by atoms with Gasteiger partial charge in [-0.15, -0.1) is 0 Å². The van der Waals surface area contributed by atoms with Gasteiger partial charge in [-0.25, -0.2) is 17.9 Å². The molecule has 2 aromatic rings. The Morgan fingerprint density at radius 3 is 2.48 bits per heavy atom. The highest BCUT2D eigenvalue weighted by Crippen LogP contribution is 2.13. The zero-order valence-corrected chi connectivity index (χ0v) is 13.9. The Morgan fingerprint density at radius 2 is 1.83 bits per heavy atom. The Morgan fingerprint density at radius 1 is 1.13 bits per heavy atom. The summed E-state index contributed by atoms with van der Waals surface area (Å²) in [5, 5.41) is 0. The SMILES string of the molecule is CCNS(=O)(=O)c1cccc(C(=O)OCc2ccc(C)cc2)c1. The first-order valence-electron chi connectivity index (χ1n) is 7.25. The van der Waals surface area contributed by atoms with Crippen molar-refractivity contribution >= 4 is 16.0 Å². The van der Waals surface area contributed by atoms with E-state index in [-0.39, 0.29) is 23.6 Å². The number of benzene rings is 2. The molecule has 6 heteroatoms. The lowest BCUT2D eigenvalue weighted by Crippen LogP contribution is -2.23. The van der Waals surface area contributed by atoms with Crippen molar-refractivity contribution in [3.05, 3.63) is 65.2 Å². The highest BCUT2D eigenvalue weighted by Gasteiger charge is 2.15. The molecule has 0 bridgehead atoms. The maximum atomic E-state index is 12.1. The second kappa shape index (κ2) is 7.39. The second-order valence-electron chi connectivity index (χ2n) is 5.09. The van der Waals surface area contributed by atoms with E-state index in [0.29, 0.717) is 0 Å². The third kappa shape index (κ3) is 4.64. The summed E-state index contributed by atoms with van der Waals surface area (Å²) in [6.07, 6.45) is 0. The Bertz CT molecular complexity index is 782. The van der Waals surface area contributed by atoms with Crippen molar-refractivity contribution in [1.82, 2.24) is 4.72 Å². The first kappa shape index (κ1) is 17.2. The minimum absolute atomic E-state index is 0.0455. The first-order chi connectivity index (χ1) is 10.9. The molecule has 0 saturated carbocycles. The van der Waals surface area contributed by atoms with Gasteiger partial charge in [-0.3, -0.25) is 0 Å². The van der Waals surface area contributed by atoms with E-state index in [4.69, 9.17) is 4.74 Å². The number of esters is 1. The molecule has 2 rings (SSSR count). The molecule has 5 nitrogen and oxygen atoms in total. The van der Waals surface area contributed by atoms with Crippen LogP contribution in [-0.2, 0) is 21.4 Å². The van der Waals surface area contributed by atoms with Crippen LogP contribution in [0.15, 0.2) is 53.4 Å². The fourth-order valence-corrected chi connectivity index (χ4v) is 3.07. The smallest absolute Gasteiger partial charge is 0.338 e. The Balaban J connectivity index is 2.09. The Labute approximate surface area is 136 Å². The quantitative estimate of drug-likeness (QED) is 0.825. The van der Waals surface area contributed by atoms with Crippen LogP contribution in [0.25, 0.3) is 0 Å². The van der Waals surface area contributed by atoms with Crippen molar-refractivity contribution < 1.29 is 17.9 Å². The van der Waals surface area contributed by atoms with Crippen LogP contribution in [0.3, 0.4) is 0 Å². The van der Waals surface area contributed by atoms with E-state index >= 15 is 0 Å². The second-order valence-corrected chi connectivity index (χ2v) is 6.86. The average Bonchev–Trinajstić information content (AvgIpc) is 2.54. The summed E-state index contributed by atoms with van der Waals surface area (Å²) >= 11 is 0. The van der Waals surface area contributed by atoms with Gasteiger partial charge in [0.15, 0.2) is 0 Å². The van der Waals surface area contributed by atoms with Gasteiger partial charge in [0.1, 0.15) is 6.61 Å². The number of carbonyl (C=O) groups excluding carboxylic acids is 1. The van der Waals surface area contributed by atoms with Crippen molar-refractivity contribution in [2.45, 2.75) is 25.3 Å². The van der Waals surface area contributed by atoms with Crippen LogP contribution in [0, 0.1) is 6.92 Å². The predicted octanol–water partition coefficient (Wildman–Crippen LogP) is 2.65. The summed E-state index contributed by atoms with van der Waals surface area (Å²) in [6.45, 7) is 4.09. The lowest BCUT2D eigenvalue weighted by Gasteiger charge is -2.08. The zero-order valence-electron chi connectivity index (χ0n) is 13.1. The van der Waals surface area contributed by atoms with E-state index in [1.807, 2.05) is 31.2 Å². The molecule has 1 N–H and O–H groups in total. The van der Waals surface area contributed by atoms with Crippen LogP contribution >= 0.6 is 0 Å². The third-order valence-electron chi connectivity index (χ3n) is 3.20. The summed E-state index contributed by atoms with van der Waals surface area (Å²) in [4.78, 5) is 12.1. The third-order valence-corrected chi connectivity index (χ3v) is 4.75. The van der Waals surface area contributed by atoms with Crippen molar-refractivity contribution in [3.63, 3.8) is 0 Å². The van der Waals surface area contributed by atoms with Crippen LogP contribution in [0.5, 0.6) is 0 Å². The summed E-state index contributed by atoms with van der Waals surface area (Å²) in [7, 11) is -3.60. The molecule has 2 aromatic carbocycles. The molecule has 0 atom stereocenters. The van der Waals surface area contributed by atoms with E-state index in [2.05, 4.69) is 4.72 Å². The number of hydrogen-bond acceptors (Lipinski definition) is 4. The number of hydrogen-bond donors (Lipinski definition) is 1. The molecule has 0 amide bonds. The molecule has 0 aliphatic heterocycles. The maximum absolute atomic E-state index is 12.1.